The van der Waals surface area contributed by atoms with Crippen molar-refractivity contribution in [1.29, 1.82) is 0 Å². The first-order valence-electron chi connectivity index (χ1n) is 5.48. The fourth-order valence-corrected chi connectivity index (χ4v) is 2.31. The number of carbonyl (C=O) groups excluding carboxylic acids is 1. The van der Waals surface area contributed by atoms with Crippen molar-refractivity contribution in [3.05, 3.63) is 34.3 Å². The third kappa shape index (κ3) is 3.32. The van der Waals surface area contributed by atoms with Crippen LogP contribution in [0.15, 0.2) is 28.7 Å². The summed E-state index contributed by atoms with van der Waals surface area (Å²) in [5, 5.41) is 6.30. The molecule has 2 N–H and O–H groups in total. The number of nitrogens with one attached hydrogen (secondary N) is 2. The van der Waals surface area contributed by atoms with Gasteiger partial charge in [-0.2, -0.15) is 0 Å². The van der Waals surface area contributed by atoms with Gasteiger partial charge in [-0.25, -0.2) is 0 Å². The van der Waals surface area contributed by atoms with Crippen molar-refractivity contribution in [2.75, 3.05) is 6.54 Å². The van der Waals surface area contributed by atoms with Gasteiger partial charge in [0, 0.05) is 30.0 Å². The summed E-state index contributed by atoms with van der Waals surface area (Å²) in [5.41, 5.74) is 1.25. The quantitative estimate of drug-likeness (QED) is 0.885. The third-order valence-corrected chi connectivity index (χ3v) is 3.19. The largest absolute Gasteiger partial charge is 0.352 e. The Morgan fingerprint density at radius 3 is 3.06 bits per heavy atom. The van der Waals surface area contributed by atoms with Gasteiger partial charge in [-0.3, -0.25) is 4.79 Å². The molecule has 1 atom stereocenters. The Morgan fingerprint density at radius 1 is 1.50 bits per heavy atom. The number of hydrogen-bond acceptors (Lipinski definition) is 2. The molecule has 1 aliphatic rings. The minimum atomic E-state index is 0.175. The lowest BCUT2D eigenvalue weighted by Crippen LogP contribution is -2.35. The molecule has 1 aromatic carbocycles. The molecule has 86 valence electrons. The second-order valence-electron chi connectivity index (χ2n) is 4.06. The van der Waals surface area contributed by atoms with E-state index < -0.39 is 0 Å². The molecule has 1 unspecified atom stereocenters. The summed E-state index contributed by atoms with van der Waals surface area (Å²) in [4.78, 5) is 11.0. The number of hydrogen-bond donors (Lipinski definition) is 2. The second kappa shape index (κ2) is 5.46. The van der Waals surface area contributed by atoms with E-state index in [1.54, 1.807) is 0 Å². The van der Waals surface area contributed by atoms with E-state index in [1.165, 1.54) is 5.56 Å². The van der Waals surface area contributed by atoms with Gasteiger partial charge in [-0.1, -0.05) is 28.1 Å². The topological polar surface area (TPSA) is 41.1 Å². The molecule has 1 heterocycles. The first-order chi connectivity index (χ1) is 7.74. The fraction of sp³-hybridized carbons (Fsp3) is 0.417. The summed E-state index contributed by atoms with van der Waals surface area (Å²) in [6.07, 6.45) is 1.62. The summed E-state index contributed by atoms with van der Waals surface area (Å²) >= 11 is 3.44. The molecule has 3 nitrogen and oxygen atoms in total. The number of halogens is 1. The molecule has 0 aliphatic carbocycles. The van der Waals surface area contributed by atoms with E-state index in [9.17, 15) is 4.79 Å². The van der Waals surface area contributed by atoms with Crippen molar-refractivity contribution >= 4 is 21.8 Å². The van der Waals surface area contributed by atoms with Gasteiger partial charge in [0.25, 0.3) is 0 Å². The van der Waals surface area contributed by atoms with Gasteiger partial charge in [-0.15, -0.1) is 0 Å². The Hall–Kier alpha value is -0.870. The lowest BCUT2D eigenvalue weighted by Gasteiger charge is -2.11. The maximum atomic E-state index is 11.0. The highest BCUT2D eigenvalue weighted by Gasteiger charge is 2.19. The van der Waals surface area contributed by atoms with Crippen molar-refractivity contribution in [3.63, 3.8) is 0 Å². The van der Waals surface area contributed by atoms with Gasteiger partial charge >= 0.3 is 0 Å². The van der Waals surface area contributed by atoms with Crippen LogP contribution < -0.4 is 10.6 Å². The lowest BCUT2D eigenvalue weighted by molar-refractivity contribution is -0.119. The average molecular weight is 283 g/mol. The normalized spacial score (nSPS) is 19.8. The van der Waals surface area contributed by atoms with Crippen LogP contribution in [0.3, 0.4) is 0 Å². The van der Waals surface area contributed by atoms with E-state index in [1.807, 2.05) is 12.1 Å². The average Bonchev–Trinajstić information content (AvgIpc) is 2.64. The van der Waals surface area contributed by atoms with E-state index in [0.29, 0.717) is 12.5 Å². The molecular weight excluding hydrogens is 268 g/mol. The van der Waals surface area contributed by atoms with E-state index in [0.717, 1.165) is 24.0 Å². The van der Waals surface area contributed by atoms with Crippen molar-refractivity contribution in [2.24, 2.45) is 0 Å². The maximum absolute atomic E-state index is 11.0. The highest BCUT2D eigenvalue weighted by molar-refractivity contribution is 9.10. The van der Waals surface area contributed by atoms with Gasteiger partial charge in [0.15, 0.2) is 0 Å². The molecule has 0 saturated carbocycles. The smallest absolute Gasteiger partial charge is 0.220 e. The van der Waals surface area contributed by atoms with E-state index >= 15 is 0 Å². The van der Waals surface area contributed by atoms with E-state index in [4.69, 9.17) is 0 Å². The molecule has 2 rings (SSSR count). The molecule has 0 aromatic heterocycles. The standard InChI is InChI=1S/C12H15BrN2O/c13-10-3-1-2-9(6-10)7-14-8-11-4-5-12(16)15-11/h1-3,6,11,14H,4-5,7-8H2,(H,15,16). The molecule has 4 heteroatoms. The summed E-state index contributed by atoms with van der Waals surface area (Å²) in [5.74, 6) is 0.175. The van der Waals surface area contributed by atoms with Crippen molar-refractivity contribution in [3.8, 4) is 0 Å². The zero-order valence-electron chi connectivity index (χ0n) is 9.00. The van der Waals surface area contributed by atoms with Crippen LogP contribution in [0.25, 0.3) is 0 Å². The zero-order valence-corrected chi connectivity index (χ0v) is 10.6. The van der Waals surface area contributed by atoms with Crippen LogP contribution in [-0.2, 0) is 11.3 Å². The van der Waals surface area contributed by atoms with Gasteiger partial charge in [-0.05, 0) is 24.1 Å². The summed E-state index contributed by atoms with van der Waals surface area (Å²) in [6.45, 7) is 1.68. The Bertz CT molecular complexity index is 381. The lowest BCUT2D eigenvalue weighted by atomic mass is 10.2. The van der Waals surface area contributed by atoms with Crippen LogP contribution in [-0.4, -0.2) is 18.5 Å². The predicted octanol–water partition coefficient (Wildman–Crippen LogP) is 1.82. The van der Waals surface area contributed by atoms with Crippen LogP contribution in [0, 0.1) is 0 Å². The SMILES string of the molecule is O=C1CCC(CNCc2cccc(Br)c2)N1. The summed E-state index contributed by atoms with van der Waals surface area (Å²) < 4.78 is 1.10. The molecule has 16 heavy (non-hydrogen) atoms. The first-order valence-corrected chi connectivity index (χ1v) is 6.28. The minimum Gasteiger partial charge on any atom is -0.352 e. The minimum absolute atomic E-state index is 0.175. The molecule has 0 bridgehead atoms. The van der Waals surface area contributed by atoms with Crippen molar-refractivity contribution < 1.29 is 4.79 Å². The molecule has 0 spiro atoms. The maximum Gasteiger partial charge on any atom is 0.220 e. The Labute approximate surface area is 104 Å². The zero-order chi connectivity index (χ0) is 11.4. The monoisotopic (exact) mass is 282 g/mol. The molecule has 1 fully saturated rings. The number of rotatable bonds is 4. The third-order valence-electron chi connectivity index (χ3n) is 2.69. The highest BCUT2D eigenvalue weighted by atomic mass is 79.9. The van der Waals surface area contributed by atoms with E-state index in [-0.39, 0.29) is 5.91 Å². The Kier molecular flexibility index (Phi) is 3.96. The predicted molar refractivity (Wildman–Crippen MR) is 67.0 cm³/mol. The number of benzene rings is 1. The van der Waals surface area contributed by atoms with Gasteiger partial charge in [0.2, 0.25) is 5.91 Å². The van der Waals surface area contributed by atoms with Crippen molar-refractivity contribution in [1.82, 2.24) is 10.6 Å². The van der Waals surface area contributed by atoms with Crippen LogP contribution >= 0.6 is 15.9 Å². The van der Waals surface area contributed by atoms with Gasteiger partial charge in [0.05, 0.1) is 0 Å². The molecule has 1 saturated heterocycles. The molecule has 1 amide bonds. The Morgan fingerprint density at radius 2 is 2.38 bits per heavy atom. The van der Waals surface area contributed by atoms with Crippen LogP contribution in [0.2, 0.25) is 0 Å². The second-order valence-corrected chi connectivity index (χ2v) is 4.98. The first kappa shape index (κ1) is 11.6. The Balaban J connectivity index is 1.74. The molecule has 1 aliphatic heterocycles. The summed E-state index contributed by atoms with van der Waals surface area (Å²) in [7, 11) is 0. The fourth-order valence-electron chi connectivity index (χ4n) is 1.87. The van der Waals surface area contributed by atoms with Crippen LogP contribution in [0.1, 0.15) is 18.4 Å². The summed E-state index contributed by atoms with van der Waals surface area (Å²) in [6, 6.07) is 8.53. The van der Waals surface area contributed by atoms with Gasteiger partial charge in [0.1, 0.15) is 0 Å². The van der Waals surface area contributed by atoms with E-state index in [2.05, 4.69) is 38.7 Å². The molecule has 0 radical (unpaired) electrons. The van der Waals surface area contributed by atoms with Crippen molar-refractivity contribution in [2.45, 2.75) is 25.4 Å². The van der Waals surface area contributed by atoms with Crippen LogP contribution in [0.5, 0.6) is 0 Å². The van der Waals surface area contributed by atoms with Gasteiger partial charge < -0.3 is 10.6 Å². The molecule has 1 aromatic rings. The number of carbonyl (C=O) groups is 1. The highest BCUT2D eigenvalue weighted by Crippen LogP contribution is 2.11. The van der Waals surface area contributed by atoms with Crippen LogP contribution in [0.4, 0.5) is 0 Å². The molecular formula is C12H15BrN2O. The number of amides is 1.